The van der Waals surface area contributed by atoms with E-state index in [-0.39, 0.29) is 11.8 Å². The zero-order chi connectivity index (χ0) is 23.2. The van der Waals surface area contributed by atoms with Crippen LogP contribution in [0.15, 0.2) is 65.4 Å². The molecule has 6 heteroatoms. The smallest absolute Gasteiger partial charge is 0.276 e. The summed E-state index contributed by atoms with van der Waals surface area (Å²) >= 11 is 0. The fraction of sp³-hybridized carbons (Fsp3) is 0.444. The Bertz CT molecular complexity index is 1010. The molecule has 6 nitrogen and oxygen atoms in total. The fourth-order valence-corrected chi connectivity index (χ4v) is 4.75. The average Bonchev–Trinajstić information content (AvgIpc) is 3.34. The molecule has 0 saturated carbocycles. The monoisotopic (exact) mass is 446 g/mol. The van der Waals surface area contributed by atoms with Gasteiger partial charge in [0.1, 0.15) is 5.76 Å². The number of hydrogen-bond acceptors (Lipinski definition) is 5. The second-order valence-corrected chi connectivity index (χ2v) is 9.43. The number of aromatic nitrogens is 2. The Kier molecular flexibility index (Phi) is 7.55. The predicted octanol–water partition coefficient (Wildman–Crippen LogP) is 4.79. The third-order valence-corrected chi connectivity index (χ3v) is 6.70. The van der Waals surface area contributed by atoms with Gasteiger partial charge in [-0.25, -0.2) is 0 Å². The van der Waals surface area contributed by atoms with Crippen LogP contribution in [0, 0.1) is 5.92 Å². The summed E-state index contributed by atoms with van der Waals surface area (Å²) in [6.07, 6.45) is 6.72. The minimum Gasteiger partial charge on any atom is -0.360 e. The summed E-state index contributed by atoms with van der Waals surface area (Å²) in [6, 6.07) is 17.0. The van der Waals surface area contributed by atoms with Gasteiger partial charge in [-0.2, -0.15) is 0 Å². The molecule has 1 amide bonds. The summed E-state index contributed by atoms with van der Waals surface area (Å²) in [7, 11) is 2.21. The normalized spacial score (nSPS) is 15.8. The number of carbonyl (C=O) groups is 1. The predicted molar refractivity (Wildman–Crippen MR) is 129 cm³/mol. The van der Waals surface area contributed by atoms with E-state index in [2.05, 4.69) is 58.5 Å². The van der Waals surface area contributed by atoms with E-state index in [1.165, 1.54) is 11.1 Å². The van der Waals surface area contributed by atoms with Crippen molar-refractivity contribution in [2.75, 3.05) is 20.1 Å². The molecule has 0 N–H and O–H groups in total. The number of nitrogens with zero attached hydrogens (tertiary/aromatic N) is 4. The van der Waals surface area contributed by atoms with E-state index < -0.39 is 0 Å². The Morgan fingerprint density at radius 3 is 2.48 bits per heavy atom. The molecule has 4 rings (SSSR count). The van der Waals surface area contributed by atoms with Gasteiger partial charge in [0.05, 0.1) is 0 Å². The maximum absolute atomic E-state index is 13.0. The molecule has 0 spiro atoms. The zero-order valence-corrected chi connectivity index (χ0v) is 19.9. The Morgan fingerprint density at radius 2 is 1.85 bits per heavy atom. The van der Waals surface area contributed by atoms with Gasteiger partial charge in [0, 0.05) is 50.1 Å². The Hall–Kier alpha value is -2.99. The number of likely N-dealkylation sites (N-methyl/N-ethyl adjacent to an activating group) is 1. The third kappa shape index (κ3) is 5.88. The second kappa shape index (κ2) is 10.8. The van der Waals surface area contributed by atoms with Crippen molar-refractivity contribution in [2.45, 2.75) is 51.6 Å². The number of benzene rings is 1. The van der Waals surface area contributed by atoms with Gasteiger partial charge in [-0.1, -0.05) is 55.4 Å². The molecule has 3 aromatic rings. The zero-order valence-electron chi connectivity index (χ0n) is 19.9. The Labute approximate surface area is 196 Å². The molecule has 1 unspecified atom stereocenters. The first-order chi connectivity index (χ1) is 16.0. The number of amides is 1. The highest BCUT2D eigenvalue weighted by Gasteiger charge is 2.32. The lowest BCUT2D eigenvalue weighted by Crippen LogP contribution is -2.46. The molecule has 1 fully saturated rings. The van der Waals surface area contributed by atoms with Crippen LogP contribution in [-0.2, 0) is 13.0 Å². The summed E-state index contributed by atoms with van der Waals surface area (Å²) in [4.78, 5) is 21.6. The number of piperidine rings is 1. The van der Waals surface area contributed by atoms with E-state index in [4.69, 9.17) is 4.52 Å². The van der Waals surface area contributed by atoms with Crippen LogP contribution in [0.1, 0.15) is 60.0 Å². The highest BCUT2D eigenvalue weighted by molar-refractivity contribution is 5.92. The molecule has 1 atom stereocenters. The number of carbonyl (C=O) groups excluding carboxylic acids is 1. The first-order valence-electron chi connectivity index (χ1n) is 11.9. The summed E-state index contributed by atoms with van der Waals surface area (Å²) in [6.45, 7) is 6.44. The lowest BCUT2D eigenvalue weighted by molar-refractivity contribution is 0.0593. The van der Waals surface area contributed by atoms with Crippen LogP contribution in [0.3, 0.4) is 0 Å². The molecule has 33 heavy (non-hydrogen) atoms. The molecular formula is C27H34N4O2. The summed E-state index contributed by atoms with van der Waals surface area (Å²) in [5.74, 6) is 1.47. The van der Waals surface area contributed by atoms with Gasteiger partial charge in [-0.15, -0.1) is 0 Å². The molecule has 1 aromatic carbocycles. The van der Waals surface area contributed by atoms with Crippen LogP contribution >= 0.6 is 0 Å². The van der Waals surface area contributed by atoms with Crippen LogP contribution in [-0.4, -0.2) is 52.0 Å². The molecule has 0 radical (unpaired) electrons. The number of likely N-dealkylation sites (tertiary alicyclic amines) is 1. The highest BCUT2D eigenvalue weighted by Crippen LogP contribution is 2.28. The molecule has 0 bridgehead atoms. The minimum absolute atomic E-state index is 0.0209. The lowest BCUT2D eigenvalue weighted by Gasteiger charge is -2.40. The van der Waals surface area contributed by atoms with Crippen LogP contribution in [0.4, 0.5) is 0 Å². The summed E-state index contributed by atoms with van der Waals surface area (Å²) in [5, 5.41) is 4.02. The van der Waals surface area contributed by atoms with Gasteiger partial charge < -0.3 is 9.42 Å². The quantitative estimate of drug-likeness (QED) is 0.498. The Morgan fingerprint density at radius 1 is 1.12 bits per heavy atom. The third-order valence-electron chi connectivity index (χ3n) is 6.70. The van der Waals surface area contributed by atoms with Gasteiger partial charge in [-0.3, -0.25) is 14.7 Å². The van der Waals surface area contributed by atoms with Crippen LogP contribution in [0.5, 0.6) is 0 Å². The average molecular weight is 447 g/mol. The fourth-order valence-electron chi connectivity index (χ4n) is 4.75. The van der Waals surface area contributed by atoms with Crippen LogP contribution in [0.25, 0.3) is 0 Å². The molecule has 3 heterocycles. The highest BCUT2D eigenvalue weighted by atomic mass is 16.5. The topological polar surface area (TPSA) is 62.5 Å². The van der Waals surface area contributed by atoms with E-state index in [1.807, 2.05) is 37.2 Å². The van der Waals surface area contributed by atoms with Crippen molar-refractivity contribution in [1.29, 1.82) is 0 Å². The van der Waals surface area contributed by atoms with Gasteiger partial charge in [0.25, 0.3) is 5.91 Å². The molecule has 174 valence electrons. The van der Waals surface area contributed by atoms with Crippen molar-refractivity contribution in [3.63, 3.8) is 0 Å². The lowest BCUT2D eigenvalue weighted by atomic mass is 9.84. The van der Waals surface area contributed by atoms with Crippen molar-refractivity contribution in [3.05, 3.63) is 83.5 Å². The molecular weight excluding hydrogens is 412 g/mol. The maximum Gasteiger partial charge on any atom is 0.276 e. The van der Waals surface area contributed by atoms with Crippen molar-refractivity contribution >= 4 is 5.91 Å². The standard InChI is InChI=1S/C27H34N4O2/c1-20(2)26-17-24(29-33-26)27(32)31-14-11-23(12-15-31)25(16-21-8-5-4-6-9-21)30(3)19-22-10-7-13-28-18-22/h4-10,13,17-18,20,23,25H,11-12,14-16,19H2,1-3H3. The van der Waals surface area contributed by atoms with Crippen LogP contribution in [0.2, 0.25) is 0 Å². The molecule has 1 aliphatic rings. The summed E-state index contributed by atoms with van der Waals surface area (Å²) in [5.41, 5.74) is 2.99. The van der Waals surface area contributed by atoms with Crippen LogP contribution < -0.4 is 0 Å². The van der Waals surface area contributed by atoms with E-state index >= 15 is 0 Å². The van der Waals surface area contributed by atoms with Gasteiger partial charge in [-0.05, 0) is 49.4 Å². The van der Waals surface area contributed by atoms with E-state index in [0.717, 1.165) is 44.7 Å². The largest absolute Gasteiger partial charge is 0.360 e. The van der Waals surface area contributed by atoms with E-state index in [9.17, 15) is 4.79 Å². The number of rotatable bonds is 8. The van der Waals surface area contributed by atoms with Gasteiger partial charge in [0.15, 0.2) is 5.69 Å². The molecule has 2 aromatic heterocycles. The molecule has 0 aliphatic carbocycles. The number of pyridine rings is 1. The first kappa shape index (κ1) is 23.2. The molecule has 1 saturated heterocycles. The van der Waals surface area contributed by atoms with E-state index in [0.29, 0.717) is 17.7 Å². The maximum atomic E-state index is 13.0. The van der Waals surface area contributed by atoms with Crippen molar-refractivity contribution in [1.82, 2.24) is 19.9 Å². The molecule has 1 aliphatic heterocycles. The van der Waals surface area contributed by atoms with Crippen molar-refractivity contribution in [3.8, 4) is 0 Å². The summed E-state index contributed by atoms with van der Waals surface area (Å²) < 4.78 is 5.34. The van der Waals surface area contributed by atoms with Gasteiger partial charge >= 0.3 is 0 Å². The first-order valence-corrected chi connectivity index (χ1v) is 11.9. The Balaban J connectivity index is 1.43. The van der Waals surface area contributed by atoms with E-state index in [1.54, 1.807) is 6.07 Å². The second-order valence-electron chi connectivity index (χ2n) is 9.43. The van der Waals surface area contributed by atoms with Gasteiger partial charge in [0.2, 0.25) is 0 Å². The minimum atomic E-state index is -0.0209. The van der Waals surface area contributed by atoms with Crippen molar-refractivity contribution < 1.29 is 9.32 Å². The SMILES string of the molecule is CC(C)c1cc(C(=O)N2CCC(C(Cc3ccccc3)N(C)Cc3cccnc3)CC2)no1. The van der Waals surface area contributed by atoms with Crippen molar-refractivity contribution in [2.24, 2.45) is 5.92 Å². The number of hydrogen-bond donors (Lipinski definition) is 0.